The molecule has 1 aromatic heterocycles. The van der Waals surface area contributed by atoms with E-state index in [2.05, 4.69) is 5.32 Å². The number of hydrogen-bond acceptors (Lipinski definition) is 3. The third kappa shape index (κ3) is 2.79. The van der Waals surface area contributed by atoms with Crippen LogP contribution in [-0.4, -0.2) is 29.3 Å². The van der Waals surface area contributed by atoms with Gasteiger partial charge in [0.25, 0.3) is 0 Å². The van der Waals surface area contributed by atoms with Crippen molar-refractivity contribution in [1.29, 1.82) is 0 Å². The largest absolute Gasteiger partial charge is 0.459 e. The smallest absolute Gasteiger partial charge is 0.243 e. The second-order valence-electron chi connectivity index (χ2n) is 6.88. The number of carbonyl (C=O) groups is 2. The molecule has 1 saturated carbocycles. The second kappa shape index (κ2) is 5.96. The number of amides is 2. The average molecular weight is 326 g/mol. The van der Waals surface area contributed by atoms with Crippen LogP contribution in [0.3, 0.4) is 0 Å². The van der Waals surface area contributed by atoms with Gasteiger partial charge in [-0.2, -0.15) is 0 Å². The van der Waals surface area contributed by atoms with Gasteiger partial charge in [-0.05, 0) is 44.7 Å². The first-order valence-electron chi connectivity index (χ1n) is 8.73. The maximum Gasteiger partial charge on any atom is 0.243 e. The van der Waals surface area contributed by atoms with E-state index in [0.717, 1.165) is 42.4 Å². The summed E-state index contributed by atoms with van der Waals surface area (Å²) < 4.78 is 5.82. The fraction of sp³-hybridized carbons (Fsp3) is 0.474. The number of fused-ring (bicyclic) bond motifs is 1. The number of likely N-dealkylation sites (tertiary alicyclic amines) is 1. The van der Waals surface area contributed by atoms with Crippen molar-refractivity contribution >= 4 is 22.8 Å². The van der Waals surface area contributed by atoms with Crippen molar-refractivity contribution in [2.24, 2.45) is 5.92 Å². The molecule has 2 amide bonds. The zero-order valence-corrected chi connectivity index (χ0v) is 13.8. The highest BCUT2D eigenvalue weighted by atomic mass is 16.3. The van der Waals surface area contributed by atoms with Crippen LogP contribution in [0.15, 0.2) is 34.7 Å². The Hall–Kier alpha value is -2.30. The van der Waals surface area contributed by atoms with Gasteiger partial charge < -0.3 is 14.6 Å². The van der Waals surface area contributed by atoms with E-state index in [0.29, 0.717) is 6.54 Å². The minimum atomic E-state index is -0.329. The highest BCUT2D eigenvalue weighted by molar-refractivity contribution is 5.90. The van der Waals surface area contributed by atoms with Gasteiger partial charge in [0.1, 0.15) is 17.4 Å². The molecular weight excluding hydrogens is 304 g/mol. The molecule has 2 aromatic rings. The Balaban J connectivity index is 1.45. The molecule has 2 fully saturated rings. The molecule has 0 unspecified atom stereocenters. The van der Waals surface area contributed by atoms with Crippen molar-refractivity contribution in [3.8, 4) is 0 Å². The summed E-state index contributed by atoms with van der Waals surface area (Å²) in [6, 6.07) is 9.21. The summed E-state index contributed by atoms with van der Waals surface area (Å²) in [6.07, 6.45) is 3.59. The lowest BCUT2D eigenvalue weighted by molar-refractivity contribution is -0.139. The van der Waals surface area contributed by atoms with Gasteiger partial charge in [-0.1, -0.05) is 18.2 Å². The standard InChI is InChI=1S/C19H22N2O3/c1-12(17-11-14-5-2-3-7-16(14)24-17)20-18(22)15-6-4-10-21(15)19(23)13-8-9-13/h2-3,5,7,11-13,15H,4,6,8-10H2,1H3,(H,20,22)/t12-,15+/m0/s1. The molecule has 126 valence electrons. The van der Waals surface area contributed by atoms with Gasteiger partial charge in [0.05, 0.1) is 6.04 Å². The first-order chi connectivity index (χ1) is 11.6. The number of benzene rings is 1. The maximum atomic E-state index is 12.7. The van der Waals surface area contributed by atoms with Crippen molar-refractivity contribution in [2.45, 2.75) is 44.7 Å². The second-order valence-corrected chi connectivity index (χ2v) is 6.88. The number of nitrogens with one attached hydrogen (secondary N) is 1. The van der Waals surface area contributed by atoms with Crippen LogP contribution < -0.4 is 5.32 Å². The number of carbonyl (C=O) groups excluding carboxylic acids is 2. The number of nitrogens with zero attached hydrogens (tertiary/aromatic N) is 1. The van der Waals surface area contributed by atoms with Gasteiger partial charge in [0.15, 0.2) is 0 Å². The number of furan rings is 1. The first kappa shape index (κ1) is 15.2. The van der Waals surface area contributed by atoms with E-state index >= 15 is 0 Å². The van der Waals surface area contributed by atoms with Crippen LogP contribution in [0.25, 0.3) is 11.0 Å². The molecule has 2 atom stereocenters. The molecule has 1 N–H and O–H groups in total. The van der Waals surface area contributed by atoms with E-state index in [-0.39, 0.29) is 29.8 Å². The Morgan fingerprint density at radius 1 is 1.25 bits per heavy atom. The Bertz CT molecular complexity index is 745. The predicted octanol–water partition coefficient (Wildman–Crippen LogP) is 3.01. The summed E-state index contributed by atoms with van der Waals surface area (Å²) in [7, 11) is 0. The zero-order valence-electron chi connectivity index (χ0n) is 13.8. The Morgan fingerprint density at radius 3 is 2.79 bits per heavy atom. The number of para-hydroxylation sites is 1. The topological polar surface area (TPSA) is 62.6 Å². The Morgan fingerprint density at radius 2 is 2.04 bits per heavy atom. The SMILES string of the molecule is C[C@H](NC(=O)[C@H]1CCCN1C(=O)C1CC1)c1cc2ccccc2o1. The minimum absolute atomic E-state index is 0.0746. The molecule has 1 saturated heterocycles. The fourth-order valence-corrected chi connectivity index (χ4v) is 3.46. The van der Waals surface area contributed by atoms with Gasteiger partial charge in [0.2, 0.25) is 11.8 Å². The number of hydrogen-bond donors (Lipinski definition) is 1. The van der Waals surface area contributed by atoms with Crippen molar-refractivity contribution in [2.75, 3.05) is 6.54 Å². The molecule has 5 heteroatoms. The summed E-state index contributed by atoms with van der Waals surface area (Å²) in [5.74, 6) is 0.979. The van der Waals surface area contributed by atoms with Crippen LogP contribution in [0.1, 0.15) is 44.4 Å². The van der Waals surface area contributed by atoms with Crippen LogP contribution in [0.4, 0.5) is 0 Å². The van der Waals surface area contributed by atoms with E-state index in [1.807, 2.05) is 37.3 Å². The van der Waals surface area contributed by atoms with E-state index < -0.39 is 0 Å². The van der Waals surface area contributed by atoms with Gasteiger partial charge in [-0.25, -0.2) is 0 Å². The first-order valence-corrected chi connectivity index (χ1v) is 8.73. The van der Waals surface area contributed by atoms with Crippen molar-refractivity contribution in [1.82, 2.24) is 10.2 Å². The van der Waals surface area contributed by atoms with E-state index in [1.54, 1.807) is 4.90 Å². The van der Waals surface area contributed by atoms with Gasteiger partial charge >= 0.3 is 0 Å². The van der Waals surface area contributed by atoms with Gasteiger partial charge in [0, 0.05) is 17.8 Å². The fourth-order valence-electron chi connectivity index (χ4n) is 3.46. The highest BCUT2D eigenvalue weighted by Gasteiger charge is 2.41. The highest BCUT2D eigenvalue weighted by Crippen LogP contribution is 2.34. The van der Waals surface area contributed by atoms with Gasteiger partial charge in [-0.3, -0.25) is 9.59 Å². The number of rotatable bonds is 4. The molecule has 2 heterocycles. The van der Waals surface area contributed by atoms with Gasteiger partial charge in [-0.15, -0.1) is 0 Å². The lowest BCUT2D eigenvalue weighted by Crippen LogP contribution is -2.47. The predicted molar refractivity (Wildman–Crippen MR) is 90.2 cm³/mol. The lowest BCUT2D eigenvalue weighted by Gasteiger charge is -2.25. The summed E-state index contributed by atoms with van der Waals surface area (Å²) in [4.78, 5) is 26.8. The van der Waals surface area contributed by atoms with Crippen LogP contribution >= 0.6 is 0 Å². The molecule has 1 aromatic carbocycles. The molecule has 1 aliphatic heterocycles. The molecule has 24 heavy (non-hydrogen) atoms. The van der Waals surface area contributed by atoms with Crippen molar-refractivity contribution < 1.29 is 14.0 Å². The molecule has 0 spiro atoms. The quantitative estimate of drug-likeness (QED) is 0.939. The average Bonchev–Trinajstić information content (AvgIpc) is 3.15. The maximum absolute atomic E-state index is 12.7. The molecule has 2 aliphatic rings. The summed E-state index contributed by atoms with van der Waals surface area (Å²) >= 11 is 0. The van der Waals surface area contributed by atoms with Crippen molar-refractivity contribution in [3.05, 3.63) is 36.1 Å². The third-order valence-corrected chi connectivity index (χ3v) is 5.00. The molecule has 0 radical (unpaired) electrons. The summed E-state index contributed by atoms with van der Waals surface area (Å²) in [5, 5.41) is 4.04. The van der Waals surface area contributed by atoms with Crippen molar-refractivity contribution in [3.63, 3.8) is 0 Å². The van der Waals surface area contributed by atoms with E-state index in [9.17, 15) is 9.59 Å². The van der Waals surface area contributed by atoms with E-state index in [1.165, 1.54) is 0 Å². The Labute approximate surface area is 141 Å². The van der Waals surface area contributed by atoms with Crippen LogP contribution in [0.5, 0.6) is 0 Å². The minimum Gasteiger partial charge on any atom is -0.459 e. The summed E-state index contributed by atoms with van der Waals surface area (Å²) in [6.45, 7) is 2.62. The van der Waals surface area contributed by atoms with Crippen LogP contribution in [-0.2, 0) is 9.59 Å². The third-order valence-electron chi connectivity index (χ3n) is 5.00. The zero-order chi connectivity index (χ0) is 16.7. The normalized spacial score (nSPS) is 21.9. The molecular formula is C19H22N2O3. The monoisotopic (exact) mass is 326 g/mol. The summed E-state index contributed by atoms with van der Waals surface area (Å²) in [5.41, 5.74) is 0.819. The van der Waals surface area contributed by atoms with E-state index in [4.69, 9.17) is 4.42 Å². The van der Waals surface area contributed by atoms with Crippen LogP contribution in [0, 0.1) is 5.92 Å². The molecule has 0 bridgehead atoms. The molecule has 5 nitrogen and oxygen atoms in total. The Kier molecular flexibility index (Phi) is 3.79. The molecule has 1 aliphatic carbocycles. The lowest BCUT2D eigenvalue weighted by atomic mass is 10.1. The van der Waals surface area contributed by atoms with Crippen LogP contribution in [0.2, 0.25) is 0 Å². The molecule has 4 rings (SSSR count).